The Balaban J connectivity index is 1.78. The minimum atomic E-state index is -1.14. The number of cyclic esters (lactones) is 1. The van der Waals surface area contributed by atoms with Crippen molar-refractivity contribution in [2.45, 2.75) is 64.0 Å². The van der Waals surface area contributed by atoms with Crippen LogP contribution in [0.4, 0.5) is 0 Å². The lowest BCUT2D eigenvalue weighted by Gasteiger charge is -2.61. The number of hydrogen-bond donors (Lipinski definition) is 0. The molecular weight excluding hydrogens is 452 g/mol. The zero-order valence-corrected chi connectivity index (χ0v) is 19.9. The molecule has 2 saturated carbocycles. The van der Waals surface area contributed by atoms with Crippen LogP contribution in [0.15, 0.2) is 23.0 Å². The Bertz CT molecular complexity index is 956. The van der Waals surface area contributed by atoms with Gasteiger partial charge in [-0.3, -0.25) is 19.2 Å². The number of Topliss-reactive ketones (excluding diaryl/α,β-unsaturated/α-hetero) is 1. The first-order chi connectivity index (χ1) is 15.5. The van der Waals surface area contributed by atoms with Gasteiger partial charge in [0, 0.05) is 17.9 Å². The van der Waals surface area contributed by atoms with Crippen LogP contribution in [0.3, 0.4) is 0 Å². The Morgan fingerprint density at radius 3 is 2.58 bits per heavy atom. The smallest absolute Gasteiger partial charge is 0.324 e. The van der Waals surface area contributed by atoms with Gasteiger partial charge in [-0.15, -0.1) is 11.6 Å². The Morgan fingerprint density at radius 2 is 1.97 bits per heavy atom. The molecule has 8 nitrogen and oxygen atoms in total. The minimum absolute atomic E-state index is 0.0320. The molecule has 180 valence electrons. The predicted molar refractivity (Wildman–Crippen MR) is 115 cm³/mol. The van der Waals surface area contributed by atoms with E-state index in [1.807, 2.05) is 13.8 Å². The molecule has 0 N–H and O–H groups in total. The fraction of sp³-hybridized carbons (Fsp3) is 0.667. The van der Waals surface area contributed by atoms with Gasteiger partial charge >= 0.3 is 17.9 Å². The highest BCUT2D eigenvalue weighted by Crippen LogP contribution is 2.65. The number of ether oxygens (including phenoxy) is 3. The highest BCUT2D eigenvalue weighted by molar-refractivity contribution is 6.29. The lowest BCUT2D eigenvalue weighted by Crippen LogP contribution is -2.64. The summed E-state index contributed by atoms with van der Waals surface area (Å²) in [6, 6.07) is 1.73. The van der Waals surface area contributed by atoms with Gasteiger partial charge < -0.3 is 18.6 Å². The van der Waals surface area contributed by atoms with Crippen molar-refractivity contribution in [2.24, 2.45) is 28.6 Å². The molecule has 0 spiro atoms. The van der Waals surface area contributed by atoms with Crippen molar-refractivity contribution in [3.63, 3.8) is 0 Å². The van der Waals surface area contributed by atoms with Crippen molar-refractivity contribution in [1.29, 1.82) is 0 Å². The van der Waals surface area contributed by atoms with E-state index in [-0.39, 0.29) is 18.2 Å². The van der Waals surface area contributed by atoms with Crippen LogP contribution < -0.4 is 0 Å². The van der Waals surface area contributed by atoms with Crippen LogP contribution in [0.25, 0.3) is 0 Å². The van der Waals surface area contributed by atoms with Crippen molar-refractivity contribution in [3.8, 4) is 0 Å². The Kier molecular flexibility index (Phi) is 6.10. The summed E-state index contributed by atoms with van der Waals surface area (Å²) >= 11 is 5.87. The number of carbonyl (C=O) groups is 4. The highest BCUT2D eigenvalue weighted by Gasteiger charge is 2.67. The van der Waals surface area contributed by atoms with E-state index in [1.54, 1.807) is 6.07 Å². The molecule has 1 aliphatic heterocycles. The van der Waals surface area contributed by atoms with Gasteiger partial charge in [-0.2, -0.15) is 0 Å². The number of halogens is 1. The molecule has 3 fully saturated rings. The maximum absolute atomic E-state index is 13.9. The van der Waals surface area contributed by atoms with E-state index in [0.717, 1.165) is 0 Å². The van der Waals surface area contributed by atoms with Crippen LogP contribution in [0, 0.1) is 28.6 Å². The average molecular weight is 481 g/mol. The molecule has 8 atom stereocenters. The van der Waals surface area contributed by atoms with E-state index in [4.69, 9.17) is 30.2 Å². The third-order valence-corrected chi connectivity index (χ3v) is 8.26. The summed E-state index contributed by atoms with van der Waals surface area (Å²) in [5.74, 6) is -3.73. The minimum Gasteiger partial charge on any atom is -0.472 e. The number of fused-ring (bicyclic) bond motifs is 3. The van der Waals surface area contributed by atoms with Crippen molar-refractivity contribution < 1.29 is 37.8 Å². The van der Waals surface area contributed by atoms with Gasteiger partial charge in [0.2, 0.25) is 0 Å². The quantitative estimate of drug-likeness (QED) is 0.365. The van der Waals surface area contributed by atoms with E-state index >= 15 is 0 Å². The number of ketones is 1. The third-order valence-electron chi connectivity index (χ3n) is 8.09. The first kappa shape index (κ1) is 23.8. The summed E-state index contributed by atoms with van der Waals surface area (Å²) in [5.41, 5.74) is -0.864. The highest BCUT2D eigenvalue weighted by atomic mass is 35.5. The second kappa shape index (κ2) is 8.46. The molecule has 1 saturated heterocycles. The number of furan rings is 1. The number of rotatable bonds is 4. The van der Waals surface area contributed by atoms with Crippen LogP contribution in [0.5, 0.6) is 0 Å². The summed E-state index contributed by atoms with van der Waals surface area (Å²) in [6.07, 6.45) is 2.70. The number of hydrogen-bond acceptors (Lipinski definition) is 8. The predicted octanol–water partition coefficient (Wildman–Crippen LogP) is 3.61. The lowest BCUT2D eigenvalue weighted by molar-refractivity contribution is -0.210. The van der Waals surface area contributed by atoms with Gasteiger partial charge in [-0.1, -0.05) is 13.8 Å². The summed E-state index contributed by atoms with van der Waals surface area (Å²) in [6.45, 7) is 5.28. The van der Waals surface area contributed by atoms with Crippen LogP contribution in [0.2, 0.25) is 0 Å². The number of alkyl halides is 1. The van der Waals surface area contributed by atoms with Crippen LogP contribution in [-0.2, 0) is 33.4 Å². The van der Waals surface area contributed by atoms with Gasteiger partial charge in [0.15, 0.2) is 11.9 Å². The van der Waals surface area contributed by atoms with E-state index in [2.05, 4.69) is 0 Å². The lowest BCUT2D eigenvalue weighted by atomic mass is 9.43. The molecule has 0 bridgehead atoms. The van der Waals surface area contributed by atoms with Crippen molar-refractivity contribution in [2.75, 3.05) is 7.11 Å². The van der Waals surface area contributed by atoms with Crippen LogP contribution >= 0.6 is 11.6 Å². The van der Waals surface area contributed by atoms with E-state index in [0.29, 0.717) is 24.8 Å². The molecule has 9 heteroatoms. The van der Waals surface area contributed by atoms with Crippen molar-refractivity contribution in [3.05, 3.63) is 24.2 Å². The van der Waals surface area contributed by atoms with Crippen LogP contribution in [-0.4, -0.2) is 42.3 Å². The maximum atomic E-state index is 13.9. The summed E-state index contributed by atoms with van der Waals surface area (Å²) < 4.78 is 21.5. The fourth-order valence-electron chi connectivity index (χ4n) is 6.50. The summed E-state index contributed by atoms with van der Waals surface area (Å²) in [5, 5.41) is -0.937. The molecule has 4 rings (SSSR count). The third kappa shape index (κ3) is 3.76. The second-order valence-electron chi connectivity index (χ2n) is 9.98. The molecule has 0 amide bonds. The van der Waals surface area contributed by atoms with E-state index in [9.17, 15) is 19.2 Å². The normalized spacial score (nSPS) is 39.0. The second-order valence-corrected chi connectivity index (χ2v) is 10.6. The molecule has 33 heavy (non-hydrogen) atoms. The van der Waals surface area contributed by atoms with Crippen LogP contribution in [0.1, 0.15) is 58.1 Å². The Hall–Kier alpha value is -2.35. The SMILES string of the molecule is COC(=O)[C@@H]1C[C@H](OC(=O)C(C)Cl)C(=O)[C@H]2[C@@]1(C)CC[C@H]1C(=O)O[C@H](c3ccoc3)C[C@]21C. The van der Waals surface area contributed by atoms with E-state index in [1.165, 1.54) is 26.6 Å². The molecule has 1 aromatic rings. The first-order valence-electron chi connectivity index (χ1n) is 11.2. The molecule has 1 aromatic heterocycles. The van der Waals surface area contributed by atoms with Crippen molar-refractivity contribution in [1.82, 2.24) is 0 Å². The van der Waals surface area contributed by atoms with Gasteiger partial charge in [-0.25, -0.2) is 0 Å². The van der Waals surface area contributed by atoms with Gasteiger partial charge in [0.1, 0.15) is 11.5 Å². The average Bonchev–Trinajstić information content (AvgIpc) is 3.29. The van der Waals surface area contributed by atoms with Crippen molar-refractivity contribution >= 4 is 35.3 Å². The number of esters is 3. The Morgan fingerprint density at radius 1 is 1.24 bits per heavy atom. The summed E-state index contributed by atoms with van der Waals surface area (Å²) in [7, 11) is 1.30. The topological polar surface area (TPSA) is 109 Å². The van der Waals surface area contributed by atoms with Gasteiger partial charge in [-0.05, 0) is 43.1 Å². The zero-order chi connectivity index (χ0) is 24.1. The molecule has 2 heterocycles. The Labute approximate surface area is 197 Å². The summed E-state index contributed by atoms with van der Waals surface area (Å²) in [4.78, 5) is 52.1. The monoisotopic (exact) mass is 480 g/mol. The molecule has 1 unspecified atom stereocenters. The standard InChI is InChI=1S/C24H29ClO8/c1-12(25)20(27)32-16-9-15(21(28)30-4)23(2)7-5-14-22(29)33-17(13-6-8-31-11-13)10-24(14,3)19(23)18(16)26/h6,8,11-12,14-17,19H,5,7,9-10H2,1-4H3/t12?,14-,15-,16-,17-,19-,23-,24-/m0/s1. The molecular formula is C24H29ClO8. The maximum Gasteiger partial charge on any atom is 0.324 e. The number of methoxy groups -OCH3 is 1. The fourth-order valence-corrected chi connectivity index (χ4v) is 6.55. The van der Waals surface area contributed by atoms with Gasteiger partial charge in [0.05, 0.1) is 31.5 Å². The van der Waals surface area contributed by atoms with Gasteiger partial charge in [0.25, 0.3) is 0 Å². The van der Waals surface area contributed by atoms with E-state index < -0.39 is 58.1 Å². The molecule has 0 radical (unpaired) electrons. The first-order valence-corrected chi connectivity index (χ1v) is 11.6. The number of carbonyl (C=O) groups excluding carboxylic acids is 4. The molecule has 3 aliphatic rings. The largest absolute Gasteiger partial charge is 0.472 e. The zero-order valence-electron chi connectivity index (χ0n) is 19.2. The molecule has 0 aromatic carbocycles. The molecule has 2 aliphatic carbocycles.